The van der Waals surface area contributed by atoms with E-state index in [9.17, 15) is 13.5 Å². The maximum absolute atomic E-state index is 10.9. The molecule has 0 heterocycles. The molecule has 0 atom stereocenters. The summed E-state index contributed by atoms with van der Waals surface area (Å²) in [5.74, 6) is 0. The molecule has 0 radical (unpaired) electrons. The smallest absolute Gasteiger partial charge is 0.208 e. The maximum Gasteiger partial charge on any atom is 0.208 e. The second kappa shape index (κ2) is 3.55. The highest BCUT2D eigenvalue weighted by atomic mass is 32.2. The van der Waals surface area contributed by atoms with Gasteiger partial charge >= 0.3 is 0 Å². The van der Waals surface area contributed by atoms with Crippen molar-refractivity contribution in [3.63, 3.8) is 0 Å². The van der Waals surface area contributed by atoms with E-state index in [0.29, 0.717) is 12.8 Å². The number of rotatable bonds is 2. The Balaban J connectivity index is 2.43. The highest BCUT2D eigenvalue weighted by molar-refractivity contribution is 7.88. The Morgan fingerprint density at radius 1 is 1.38 bits per heavy atom. The van der Waals surface area contributed by atoms with Crippen LogP contribution in [-0.4, -0.2) is 31.4 Å². The molecule has 0 unspecified atom stereocenters. The molecule has 0 bridgehead atoms. The lowest BCUT2D eigenvalue weighted by molar-refractivity contribution is 0.0163. The van der Waals surface area contributed by atoms with Gasteiger partial charge in [0.15, 0.2) is 0 Å². The molecule has 4 nitrogen and oxygen atoms in total. The van der Waals surface area contributed by atoms with Gasteiger partial charge in [-0.25, -0.2) is 13.1 Å². The summed E-state index contributed by atoms with van der Waals surface area (Å²) in [4.78, 5) is 0. The summed E-state index contributed by atoms with van der Waals surface area (Å²) >= 11 is 0. The molecule has 0 aromatic rings. The van der Waals surface area contributed by atoms with Crippen LogP contribution in [0.2, 0.25) is 0 Å². The van der Waals surface area contributed by atoms with Crippen LogP contribution in [-0.2, 0) is 10.0 Å². The number of nitrogens with one attached hydrogen (secondary N) is 1. The second-order valence-corrected chi connectivity index (χ2v) is 5.94. The van der Waals surface area contributed by atoms with Crippen molar-refractivity contribution in [2.75, 3.05) is 6.26 Å². The van der Waals surface area contributed by atoms with Crippen LogP contribution in [0.4, 0.5) is 0 Å². The molecule has 1 rings (SSSR count). The zero-order chi connectivity index (χ0) is 10.1. The molecule has 78 valence electrons. The third-order valence-electron chi connectivity index (χ3n) is 2.44. The Hall–Kier alpha value is -0.130. The molecule has 1 fully saturated rings. The lowest BCUT2D eigenvalue weighted by Crippen LogP contribution is -2.41. The van der Waals surface area contributed by atoms with Crippen molar-refractivity contribution < 1.29 is 13.5 Å². The van der Waals surface area contributed by atoms with Gasteiger partial charge in [-0.2, -0.15) is 0 Å². The maximum atomic E-state index is 10.9. The van der Waals surface area contributed by atoms with Gasteiger partial charge in [-0.1, -0.05) is 0 Å². The van der Waals surface area contributed by atoms with Crippen molar-refractivity contribution in [2.24, 2.45) is 0 Å². The van der Waals surface area contributed by atoms with E-state index in [0.717, 1.165) is 12.8 Å². The summed E-state index contributed by atoms with van der Waals surface area (Å²) in [5, 5.41) is 9.61. The van der Waals surface area contributed by atoms with Gasteiger partial charge in [-0.05, 0) is 32.6 Å². The quantitative estimate of drug-likeness (QED) is 0.681. The van der Waals surface area contributed by atoms with Crippen molar-refractivity contribution in [2.45, 2.75) is 44.2 Å². The molecule has 0 aliphatic heterocycles. The average Bonchev–Trinajstić information content (AvgIpc) is 1.91. The van der Waals surface area contributed by atoms with Crippen LogP contribution < -0.4 is 4.72 Å². The van der Waals surface area contributed by atoms with Gasteiger partial charge in [0, 0.05) is 6.04 Å². The molecule has 1 aliphatic carbocycles. The molecule has 2 N–H and O–H groups in total. The lowest BCUT2D eigenvalue weighted by Gasteiger charge is -2.32. The Labute approximate surface area is 79.4 Å². The molecule has 0 spiro atoms. The van der Waals surface area contributed by atoms with Crippen molar-refractivity contribution in [1.82, 2.24) is 4.72 Å². The Morgan fingerprint density at radius 3 is 2.23 bits per heavy atom. The molecule has 1 saturated carbocycles. The zero-order valence-corrected chi connectivity index (χ0v) is 8.89. The van der Waals surface area contributed by atoms with Crippen LogP contribution in [0, 0.1) is 0 Å². The van der Waals surface area contributed by atoms with Gasteiger partial charge in [-0.15, -0.1) is 0 Å². The van der Waals surface area contributed by atoms with Crippen molar-refractivity contribution in [3.8, 4) is 0 Å². The fraction of sp³-hybridized carbons (Fsp3) is 1.00. The standard InChI is InChI=1S/C8H17NO3S/c1-8(10)5-3-7(4-6-8)9-13(2,11)12/h7,9-10H,3-6H2,1-2H3. The van der Waals surface area contributed by atoms with E-state index in [1.54, 1.807) is 6.92 Å². The molecular formula is C8H17NO3S. The third kappa shape index (κ3) is 4.06. The minimum absolute atomic E-state index is 0.00947. The van der Waals surface area contributed by atoms with E-state index in [-0.39, 0.29) is 6.04 Å². The molecule has 0 saturated heterocycles. The van der Waals surface area contributed by atoms with Crippen molar-refractivity contribution in [3.05, 3.63) is 0 Å². The van der Waals surface area contributed by atoms with Crippen LogP contribution in [0.3, 0.4) is 0 Å². The van der Waals surface area contributed by atoms with Crippen LogP contribution in [0.15, 0.2) is 0 Å². The summed E-state index contributed by atoms with van der Waals surface area (Å²) in [7, 11) is -3.09. The van der Waals surface area contributed by atoms with Gasteiger partial charge in [-0.3, -0.25) is 0 Å². The van der Waals surface area contributed by atoms with E-state index < -0.39 is 15.6 Å². The van der Waals surface area contributed by atoms with E-state index in [1.165, 1.54) is 6.26 Å². The van der Waals surface area contributed by atoms with E-state index >= 15 is 0 Å². The minimum Gasteiger partial charge on any atom is -0.390 e. The third-order valence-corrected chi connectivity index (χ3v) is 3.20. The summed E-state index contributed by atoms with van der Waals surface area (Å²) < 4.78 is 24.3. The first kappa shape index (κ1) is 10.9. The highest BCUT2D eigenvalue weighted by Crippen LogP contribution is 2.27. The Morgan fingerprint density at radius 2 is 1.85 bits per heavy atom. The first-order chi connectivity index (χ1) is 5.79. The van der Waals surface area contributed by atoms with Gasteiger partial charge in [0.2, 0.25) is 10.0 Å². The second-order valence-electron chi connectivity index (χ2n) is 4.16. The van der Waals surface area contributed by atoms with Gasteiger partial charge in [0.05, 0.1) is 11.9 Å². The monoisotopic (exact) mass is 207 g/mol. The molecular weight excluding hydrogens is 190 g/mol. The van der Waals surface area contributed by atoms with E-state index in [4.69, 9.17) is 0 Å². The van der Waals surface area contributed by atoms with Crippen LogP contribution in [0.25, 0.3) is 0 Å². The highest BCUT2D eigenvalue weighted by Gasteiger charge is 2.29. The predicted molar refractivity (Wildman–Crippen MR) is 50.9 cm³/mol. The minimum atomic E-state index is -3.09. The number of sulfonamides is 1. The van der Waals surface area contributed by atoms with Gasteiger partial charge in [0.1, 0.15) is 0 Å². The Kier molecular flexibility index (Phi) is 2.99. The largest absolute Gasteiger partial charge is 0.390 e. The first-order valence-corrected chi connectivity index (χ1v) is 6.37. The van der Waals surface area contributed by atoms with Crippen molar-refractivity contribution >= 4 is 10.0 Å². The fourth-order valence-corrected chi connectivity index (χ4v) is 2.50. The lowest BCUT2D eigenvalue weighted by atomic mass is 9.84. The zero-order valence-electron chi connectivity index (χ0n) is 8.08. The summed E-state index contributed by atoms with van der Waals surface area (Å²) in [6.07, 6.45) is 3.94. The molecule has 0 aromatic carbocycles. The number of hydrogen-bond donors (Lipinski definition) is 2. The molecule has 0 aromatic heterocycles. The normalized spacial score (nSPS) is 36.1. The predicted octanol–water partition coefficient (Wildman–Crippen LogP) is 0.229. The van der Waals surface area contributed by atoms with Crippen LogP contribution in [0.1, 0.15) is 32.6 Å². The topological polar surface area (TPSA) is 66.4 Å². The number of hydrogen-bond acceptors (Lipinski definition) is 3. The van der Waals surface area contributed by atoms with Gasteiger partial charge in [0.25, 0.3) is 0 Å². The average molecular weight is 207 g/mol. The van der Waals surface area contributed by atoms with E-state index in [1.807, 2.05) is 0 Å². The van der Waals surface area contributed by atoms with Crippen LogP contribution >= 0.6 is 0 Å². The fourth-order valence-electron chi connectivity index (χ4n) is 1.66. The van der Waals surface area contributed by atoms with Gasteiger partial charge < -0.3 is 5.11 Å². The van der Waals surface area contributed by atoms with Crippen molar-refractivity contribution in [1.29, 1.82) is 0 Å². The molecule has 13 heavy (non-hydrogen) atoms. The first-order valence-electron chi connectivity index (χ1n) is 4.48. The molecule has 5 heteroatoms. The summed E-state index contributed by atoms with van der Waals surface area (Å²) in [6, 6.07) is 0.00947. The van der Waals surface area contributed by atoms with Crippen LogP contribution in [0.5, 0.6) is 0 Å². The van der Waals surface area contributed by atoms with E-state index in [2.05, 4.69) is 4.72 Å². The molecule has 0 amide bonds. The number of aliphatic hydroxyl groups is 1. The summed E-state index contributed by atoms with van der Waals surface area (Å²) in [5.41, 5.74) is -0.602. The molecule has 1 aliphatic rings. The SMILES string of the molecule is CC1(O)CCC(NS(C)(=O)=O)CC1. The Bertz CT molecular complexity index is 261. The summed E-state index contributed by atoms with van der Waals surface area (Å²) in [6.45, 7) is 1.80.